The van der Waals surface area contributed by atoms with E-state index >= 15 is 0 Å². The monoisotopic (exact) mass is 504 g/mol. The molecule has 1 atom stereocenters. The van der Waals surface area contributed by atoms with Crippen LogP contribution in [0, 0.1) is 0 Å². The SMILES string of the molecule is CCCCc1cc(O)c(Cn2cc(C[C@H](O)COC(=O)c3cccc(N)c3)c3cc(O)ccc32)c(O)c1. The van der Waals surface area contributed by atoms with E-state index in [1.54, 1.807) is 54.7 Å². The maximum Gasteiger partial charge on any atom is 0.338 e. The minimum Gasteiger partial charge on any atom is -0.508 e. The number of esters is 1. The summed E-state index contributed by atoms with van der Waals surface area (Å²) in [7, 11) is 0. The van der Waals surface area contributed by atoms with Crippen molar-refractivity contribution in [1.82, 2.24) is 4.57 Å². The maximum absolute atomic E-state index is 12.3. The van der Waals surface area contributed by atoms with Gasteiger partial charge >= 0.3 is 5.97 Å². The topological polar surface area (TPSA) is 138 Å². The summed E-state index contributed by atoms with van der Waals surface area (Å²) in [5.41, 5.74) is 9.18. The van der Waals surface area contributed by atoms with Crippen molar-refractivity contribution in [2.45, 2.75) is 45.3 Å². The number of ether oxygens (including phenoxy) is 1. The second kappa shape index (κ2) is 11.3. The van der Waals surface area contributed by atoms with E-state index in [0.717, 1.165) is 35.9 Å². The van der Waals surface area contributed by atoms with Crippen LogP contribution in [0.2, 0.25) is 0 Å². The molecule has 0 fully saturated rings. The van der Waals surface area contributed by atoms with Crippen LogP contribution in [0.1, 0.15) is 46.8 Å². The third-order valence-corrected chi connectivity index (χ3v) is 6.34. The molecule has 8 heteroatoms. The highest BCUT2D eigenvalue weighted by Crippen LogP contribution is 2.33. The first-order valence-corrected chi connectivity index (χ1v) is 12.3. The number of rotatable bonds is 10. The molecule has 4 aromatic rings. The predicted molar refractivity (Wildman–Crippen MR) is 142 cm³/mol. The van der Waals surface area contributed by atoms with Crippen LogP contribution in [0.15, 0.2) is 60.8 Å². The van der Waals surface area contributed by atoms with Crippen molar-refractivity contribution in [3.8, 4) is 17.2 Å². The molecule has 0 aliphatic carbocycles. The Labute approximate surface area is 215 Å². The number of unbranched alkanes of at least 4 members (excludes halogenated alkanes) is 1. The minimum absolute atomic E-state index is 0.0155. The molecule has 194 valence electrons. The fourth-order valence-electron chi connectivity index (χ4n) is 4.44. The van der Waals surface area contributed by atoms with Gasteiger partial charge in [0.25, 0.3) is 0 Å². The molecule has 0 aliphatic heterocycles. The summed E-state index contributed by atoms with van der Waals surface area (Å²) >= 11 is 0. The lowest BCUT2D eigenvalue weighted by Crippen LogP contribution is -2.21. The Morgan fingerprint density at radius 3 is 2.51 bits per heavy atom. The van der Waals surface area contributed by atoms with E-state index in [4.69, 9.17) is 10.5 Å². The second-order valence-corrected chi connectivity index (χ2v) is 9.28. The number of nitrogens with zero attached hydrogens (tertiary/aromatic N) is 1. The number of aromatic nitrogens is 1. The summed E-state index contributed by atoms with van der Waals surface area (Å²) in [6.07, 6.45) is 3.71. The number of aliphatic hydroxyl groups excluding tert-OH is 1. The molecule has 3 aromatic carbocycles. The first-order chi connectivity index (χ1) is 17.7. The van der Waals surface area contributed by atoms with Gasteiger partial charge in [-0.25, -0.2) is 4.79 Å². The highest BCUT2D eigenvalue weighted by atomic mass is 16.5. The number of aromatic hydroxyl groups is 3. The van der Waals surface area contributed by atoms with Gasteiger partial charge in [-0.2, -0.15) is 0 Å². The van der Waals surface area contributed by atoms with Gasteiger partial charge in [0, 0.05) is 29.2 Å². The number of phenolic OH excluding ortho intramolecular Hbond substituents is 3. The molecule has 1 heterocycles. The van der Waals surface area contributed by atoms with E-state index in [1.165, 1.54) is 6.07 Å². The number of fused-ring (bicyclic) bond motifs is 1. The van der Waals surface area contributed by atoms with Crippen molar-refractivity contribution >= 4 is 22.6 Å². The van der Waals surface area contributed by atoms with Gasteiger partial charge < -0.3 is 35.5 Å². The number of hydrogen-bond acceptors (Lipinski definition) is 7. The molecule has 8 nitrogen and oxygen atoms in total. The van der Waals surface area contributed by atoms with E-state index in [9.17, 15) is 25.2 Å². The summed E-state index contributed by atoms with van der Waals surface area (Å²) in [6, 6.07) is 14.7. The first kappa shape index (κ1) is 25.9. The Balaban J connectivity index is 1.53. The number of phenols is 3. The predicted octanol–water partition coefficient (Wildman–Crippen LogP) is 4.49. The molecule has 0 saturated heterocycles. The molecule has 0 aliphatic rings. The van der Waals surface area contributed by atoms with Crippen LogP contribution in [-0.2, 0) is 24.1 Å². The number of carbonyl (C=O) groups is 1. The maximum atomic E-state index is 12.3. The molecule has 1 aromatic heterocycles. The van der Waals surface area contributed by atoms with Crippen molar-refractivity contribution in [2.75, 3.05) is 12.3 Å². The highest BCUT2D eigenvalue weighted by Gasteiger charge is 2.18. The summed E-state index contributed by atoms with van der Waals surface area (Å²) in [4.78, 5) is 12.3. The molecule has 0 bridgehead atoms. The lowest BCUT2D eigenvalue weighted by Gasteiger charge is -2.12. The molecular formula is C29H32N2O6. The van der Waals surface area contributed by atoms with E-state index in [-0.39, 0.29) is 36.8 Å². The molecule has 0 saturated carbocycles. The Hall–Kier alpha value is -4.17. The molecule has 0 amide bonds. The number of aliphatic hydroxyl groups is 1. The first-order valence-electron chi connectivity index (χ1n) is 12.3. The number of hydrogen-bond donors (Lipinski definition) is 5. The van der Waals surface area contributed by atoms with E-state index in [2.05, 4.69) is 6.92 Å². The average molecular weight is 505 g/mol. The zero-order valence-electron chi connectivity index (χ0n) is 20.7. The van der Waals surface area contributed by atoms with Crippen LogP contribution in [0.25, 0.3) is 10.9 Å². The van der Waals surface area contributed by atoms with Gasteiger partial charge in [0.1, 0.15) is 23.9 Å². The summed E-state index contributed by atoms with van der Waals surface area (Å²) in [6.45, 7) is 2.05. The van der Waals surface area contributed by atoms with E-state index in [1.807, 2.05) is 4.57 Å². The van der Waals surface area contributed by atoms with Gasteiger partial charge in [-0.15, -0.1) is 0 Å². The zero-order valence-corrected chi connectivity index (χ0v) is 20.7. The molecule has 0 unspecified atom stereocenters. The number of benzene rings is 3. The Morgan fingerprint density at radius 2 is 1.81 bits per heavy atom. The quantitative estimate of drug-likeness (QED) is 0.158. The van der Waals surface area contributed by atoms with Crippen molar-refractivity contribution in [3.05, 3.63) is 83.0 Å². The van der Waals surface area contributed by atoms with Crippen molar-refractivity contribution in [1.29, 1.82) is 0 Å². The van der Waals surface area contributed by atoms with Crippen LogP contribution in [0.3, 0.4) is 0 Å². The molecule has 6 N–H and O–H groups in total. The Bertz CT molecular complexity index is 1390. The molecule has 0 spiro atoms. The summed E-state index contributed by atoms with van der Waals surface area (Å²) < 4.78 is 7.10. The fourth-order valence-corrected chi connectivity index (χ4v) is 4.44. The van der Waals surface area contributed by atoms with Crippen LogP contribution < -0.4 is 5.73 Å². The number of nitrogen functional groups attached to an aromatic ring is 1. The van der Waals surface area contributed by atoms with Crippen LogP contribution in [0.5, 0.6) is 17.2 Å². The Morgan fingerprint density at radius 1 is 1.05 bits per heavy atom. The largest absolute Gasteiger partial charge is 0.508 e. The average Bonchev–Trinajstić information content (AvgIpc) is 3.19. The smallest absolute Gasteiger partial charge is 0.338 e. The fraction of sp³-hybridized carbons (Fsp3) is 0.276. The number of aryl methyl sites for hydroxylation is 1. The lowest BCUT2D eigenvalue weighted by molar-refractivity contribution is 0.0259. The molecule has 0 radical (unpaired) electrons. The minimum atomic E-state index is -0.994. The van der Waals surface area contributed by atoms with Crippen LogP contribution in [0.4, 0.5) is 5.69 Å². The van der Waals surface area contributed by atoms with Gasteiger partial charge in [0.05, 0.1) is 23.8 Å². The summed E-state index contributed by atoms with van der Waals surface area (Å²) in [5.74, 6) is -0.483. The van der Waals surface area contributed by atoms with E-state index in [0.29, 0.717) is 22.2 Å². The van der Waals surface area contributed by atoms with E-state index < -0.39 is 12.1 Å². The lowest BCUT2D eigenvalue weighted by atomic mass is 10.0. The van der Waals surface area contributed by atoms with Crippen LogP contribution in [-0.4, -0.2) is 43.7 Å². The van der Waals surface area contributed by atoms with Gasteiger partial charge in [-0.05, 0) is 72.5 Å². The standard InChI is InChI=1S/C29H32N2O6/c1-2-3-5-18-10-27(34)25(28(35)11-18)16-31-15-20(24-14-22(32)8-9-26(24)31)13-23(33)17-37-29(36)19-6-4-7-21(30)12-19/h4,6-12,14-15,23,32-35H,2-3,5,13,16-17,30H2,1H3/t23-/m0/s1. The van der Waals surface area contributed by atoms with Crippen molar-refractivity contribution in [3.63, 3.8) is 0 Å². The number of carbonyl (C=O) groups excluding carboxylic acids is 1. The second-order valence-electron chi connectivity index (χ2n) is 9.28. The summed E-state index contributed by atoms with van der Waals surface area (Å²) in [5, 5.41) is 42.6. The van der Waals surface area contributed by atoms with Gasteiger partial charge in [-0.1, -0.05) is 19.4 Å². The van der Waals surface area contributed by atoms with Gasteiger partial charge in [-0.3, -0.25) is 0 Å². The third-order valence-electron chi connectivity index (χ3n) is 6.34. The number of anilines is 1. The van der Waals surface area contributed by atoms with Crippen LogP contribution >= 0.6 is 0 Å². The third kappa shape index (κ3) is 6.16. The molecular weight excluding hydrogens is 472 g/mol. The Kier molecular flexibility index (Phi) is 7.89. The van der Waals surface area contributed by atoms with Crippen molar-refractivity contribution < 1.29 is 30.0 Å². The highest BCUT2D eigenvalue weighted by molar-refractivity contribution is 5.90. The molecule has 4 rings (SSSR count). The normalized spacial score (nSPS) is 12.1. The van der Waals surface area contributed by atoms with Gasteiger partial charge in [0.2, 0.25) is 0 Å². The van der Waals surface area contributed by atoms with Crippen molar-refractivity contribution in [2.24, 2.45) is 0 Å². The molecule has 37 heavy (non-hydrogen) atoms. The number of nitrogens with two attached hydrogens (primary N) is 1. The zero-order chi connectivity index (χ0) is 26.5. The van der Waals surface area contributed by atoms with Gasteiger partial charge in [0.15, 0.2) is 0 Å².